The number of ether oxygens (including phenoxy) is 1. The Balaban J connectivity index is 0.000000269. The number of carboxylic acids is 1. The van der Waals surface area contributed by atoms with Crippen LogP contribution in [0.5, 0.6) is 0 Å². The van der Waals surface area contributed by atoms with Crippen molar-refractivity contribution in [2.45, 2.75) is 71.3 Å². The third-order valence-electron chi connectivity index (χ3n) is 6.81. The van der Waals surface area contributed by atoms with Gasteiger partial charge in [0.15, 0.2) is 0 Å². The first kappa shape index (κ1) is 30.8. The molecule has 1 aliphatic rings. The molecule has 9 heteroatoms. The van der Waals surface area contributed by atoms with Crippen LogP contribution in [0.4, 0.5) is 14.9 Å². The van der Waals surface area contributed by atoms with Gasteiger partial charge in [0.1, 0.15) is 5.60 Å². The highest BCUT2D eigenvalue weighted by Crippen LogP contribution is 2.30. The number of aromatic carboxylic acids is 1. The van der Waals surface area contributed by atoms with Crippen LogP contribution in [0, 0.1) is 6.92 Å². The molecule has 1 unspecified atom stereocenters. The highest BCUT2D eigenvalue weighted by molar-refractivity contribution is 5.92. The van der Waals surface area contributed by atoms with Gasteiger partial charge in [-0.15, -0.1) is 0 Å². The SMILES string of the molecule is C=C(F)CCC(=C)n1cc(C)c(C(C)(C)CC)n1.CNCCC1(C)CN(c2ccc(C(=O)O)cc2)C(=O)O1. The predicted molar refractivity (Wildman–Crippen MR) is 149 cm³/mol. The largest absolute Gasteiger partial charge is 0.478 e. The summed E-state index contributed by atoms with van der Waals surface area (Å²) in [6.07, 6.45) is 4.17. The standard InChI is InChI=1S/C15H23FN2.C14H18N2O4/c1-7-15(5,6)14-11(2)10-18(17-14)13(4)9-8-12(3)16;1-14(7-8-15-2)9-16(13(19)20-14)11-5-3-10(4-6-11)12(17)18/h10H,3-4,7-9H2,1-2,5-6H3;3-6,15H,7-9H2,1-2H3,(H,17,18). The van der Waals surface area contributed by atoms with Crippen LogP contribution in [0.2, 0.25) is 0 Å². The fraction of sp³-hybridized carbons (Fsp3) is 0.483. The molecule has 3 rings (SSSR count). The maximum Gasteiger partial charge on any atom is 0.415 e. The van der Waals surface area contributed by atoms with E-state index in [1.165, 1.54) is 17.0 Å². The van der Waals surface area contributed by atoms with Crippen LogP contribution in [-0.4, -0.2) is 52.7 Å². The number of hydrogen-bond donors (Lipinski definition) is 2. The van der Waals surface area contributed by atoms with Crippen molar-refractivity contribution < 1.29 is 23.8 Å². The van der Waals surface area contributed by atoms with Crippen LogP contribution < -0.4 is 10.2 Å². The highest BCUT2D eigenvalue weighted by Gasteiger charge is 2.41. The van der Waals surface area contributed by atoms with Gasteiger partial charge in [0.25, 0.3) is 0 Å². The van der Waals surface area contributed by atoms with Crippen molar-refractivity contribution in [2.24, 2.45) is 0 Å². The third-order valence-corrected chi connectivity index (χ3v) is 6.81. The van der Waals surface area contributed by atoms with E-state index in [4.69, 9.17) is 9.84 Å². The van der Waals surface area contributed by atoms with Crippen LogP contribution in [0.1, 0.15) is 75.0 Å². The number of hydrogen-bond acceptors (Lipinski definition) is 5. The minimum absolute atomic E-state index is 0.0549. The number of halogens is 1. The molecule has 1 amide bonds. The van der Waals surface area contributed by atoms with E-state index in [1.807, 2.05) is 20.2 Å². The first-order chi connectivity index (χ1) is 17.7. The zero-order valence-electron chi connectivity index (χ0n) is 23.4. The summed E-state index contributed by atoms with van der Waals surface area (Å²) in [5, 5.41) is 16.5. The van der Waals surface area contributed by atoms with Crippen molar-refractivity contribution >= 4 is 23.4 Å². The quantitative estimate of drug-likeness (QED) is 0.354. The van der Waals surface area contributed by atoms with E-state index in [-0.39, 0.29) is 16.8 Å². The maximum atomic E-state index is 12.6. The lowest BCUT2D eigenvalue weighted by atomic mass is 9.85. The van der Waals surface area contributed by atoms with Crippen LogP contribution in [-0.2, 0) is 10.2 Å². The monoisotopic (exact) mass is 528 g/mol. The molecule has 0 bridgehead atoms. The van der Waals surface area contributed by atoms with E-state index in [0.29, 0.717) is 25.1 Å². The zero-order chi connectivity index (χ0) is 28.7. The van der Waals surface area contributed by atoms with E-state index >= 15 is 0 Å². The second kappa shape index (κ2) is 12.9. The molecule has 1 aromatic carbocycles. The van der Waals surface area contributed by atoms with Gasteiger partial charge < -0.3 is 15.2 Å². The summed E-state index contributed by atoms with van der Waals surface area (Å²) in [4.78, 5) is 24.3. The van der Waals surface area contributed by atoms with Crippen molar-refractivity contribution in [3.63, 3.8) is 0 Å². The molecule has 2 aromatic rings. The Kier molecular flexibility index (Phi) is 10.4. The second-order valence-electron chi connectivity index (χ2n) is 10.5. The molecule has 1 saturated heterocycles. The summed E-state index contributed by atoms with van der Waals surface area (Å²) in [7, 11) is 1.85. The Bertz CT molecular complexity index is 1160. The van der Waals surface area contributed by atoms with E-state index in [1.54, 1.807) is 16.8 Å². The number of nitrogens with zero attached hydrogens (tertiary/aromatic N) is 3. The van der Waals surface area contributed by atoms with E-state index in [9.17, 15) is 14.0 Å². The molecule has 0 saturated carbocycles. The second-order valence-corrected chi connectivity index (χ2v) is 10.5. The van der Waals surface area contributed by atoms with Crippen molar-refractivity contribution in [2.75, 3.05) is 25.0 Å². The number of carboxylic acid groups (broad SMARTS) is 1. The van der Waals surface area contributed by atoms with Gasteiger partial charge in [0.2, 0.25) is 0 Å². The average molecular weight is 529 g/mol. The lowest BCUT2D eigenvalue weighted by Crippen LogP contribution is -2.34. The molecular weight excluding hydrogens is 487 g/mol. The molecule has 208 valence electrons. The minimum Gasteiger partial charge on any atom is -0.478 e. The van der Waals surface area contributed by atoms with Crippen molar-refractivity contribution in [1.82, 2.24) is 15.1 Å². The summed E-state index contributed by atoms with van der Waals surface area (Å²) < 4.78 is 19.8. The summed E-state index contributed by atoms with van der Waals surface area (Å²) in [5.74, 6) is -1.30. The Hall–Kier alpha value is -3.46. The third kappa shape index (κ3) is 8.02. The molecule has 2 N–H and O–H groups in total. The van der Waals surface area contributed by atoms with Gasteiger partial charge in [-0.1, -0.05) is 33.9 Å². The molecule has 2 heterocycles. The molecule has 0 radical (unpaired) electrons. The number of carbonyl (C=O) groups is 2. The van der Waals surface area contributed by atoms with E-state index in [2.05, 4.69) is 51.3 Å². The molecule has 0 aliphatic carbocycles. The number of benzene rings is 1. The minimum atomic E-state index is -0.987. The van der Waals surface area contributed by atoms with Gasteiger partial charge in [-0.25, -0.2) is 18.7 Å². The summed E-state index contributed by atoms with van der Waals surface area (Å²) >= 11 is 0. The molecule has 1 fully saturated rings. The number of rotatable bonds is 11. The highest BCUT2D eigenvalue weighted by atomic mass is 19.1. The fourth-order valence-corrected chi connectivity index (χ4v) is 4.05. The lowest BCUT2D eigenvalue weighted by molar-refractivity contribution is 0.0655. The summed E-state index contributed by atoms with van der Waals surface area (Å²) in [6, 6.07) is 6.20. The van der Waals surface area contributed by atoms with Crippen molar-refractivity contribution in [3.8, 4) is 0 Å². The van der Waals surface area contributed by atoms with Gasteiger partial charge in [-0.2, -0.15) is 5.10 Å². The fourth-order valence-electron chi connectivity index (χ4n) is 4.05. The predicted octanol–water partition coefficient (Wildman–Crippen LogP) is 6.32. The van der Waals surface area contributed by atoms with Crippen molar-refractivity contribution in [1.29, 1.82) is 0 Å². The molecule has 8 nitrogen and oxygen atoms in total. The number of allylic oxidation sites excluding steroid dienone is 2. The Labute approximate surface area is 225 Å². The normalized spacial score (nSPS) is 17.0. The molecule has 1 aromatic heterocycles. The Morgan fingerprint density at radius 1 is 1.26 bits per heavy atom. The number of cyclic esters (lactones) is 1. The molecular formula is C29H41FN4O4. The molecule has 1 aliphatic heterocycles. The number of nitrogens with one attached hydrogen (secondary N) is 1. The molecule has 38 heavy (non-hydrogen) atoms. The number of carbonyl (C=O) groups excluding carboxylic acids is 1. The maximum absolute atomic E-state index is 12.6. The number of aromatic nitrogens is 2. The van der Waals surface area contributed by atoms with Crippen molar-refractivity contribution in [3.05, 3.63) is 66.3 Å². The van der Waals surface area contributed by atoms with Gasteiger partial charge in [-0.3, -0.25) is 4.90 Å². The van der Waals surface area contributed by atoms with Crippen LogP contribution in [0.25, 0.3) is 5.70 Å². The Morgan fingerprint density at radius 3 is 2.42 bits per heavy atom. The number of aryl methyl sites for hydroxylation is 1. The van der Waals surface area contributed by atoms with E-state index in [0.717, 1.165) is 36.3 Å². The summed E-state index contributed by atoms with van der Waals surface area (Å²) in [5.41, 5.74) is 3.42. The molecule has 0 spiro atoms. The van der Waals surface area contributed by atoms with Crippen LogP contribution in [0.15, 0.2) is 49.4 Å². The Morgan fingerprint density at radius 2 is 1.89 bits per heavy atom. The van der Waals surface area contributed by atoms with E-state index < -0.39 is 17.7 Å². The van der Waals surface area contributed by atoms with Crippen LogP contribution in [0.3, 0.4) is 0 Å². The van der Waals surface area contributed by atoms with Gasteiger partial charge in [0, 0.05) is 35.8 Å². The zero-order valence-corrected chi connectivity index (χ0v) is 23.4. The molecule has 1 atom stereocenters. The lowest BCUT2D eigenvalue weighted by Gasteiger charge is -2.21. The number of anilines is 1. The smallest absolute Gasteiger partial charge is 0.415 e. The van der Waals surface area contributed by atoms with Crippen LogP contribution >= 0.6 is 0 Å². The summed E-state index contributed by atoms with van der Waals surface area (Å²) in [6.45, 7) is 18.9. The van der Waals surface area contributed by atoms with Gasteiger partial charge in [0.05, 0.1) is 23.6 Å². The topological polar surface area (TPSA) is 96.7 Å². The van der Waals surface area contributed by atoms with Gasteiger partial charge >= 0.3 is 12.1 Å². The average Bonchev–Trinajstić information content (AvgIpc) is 3.41. The number of amides is 1. The first-order valence-electron chi connectivity index (χ1n) is 12.8. The first-order valence-corrected chi connectivity index (χ1v) is 12.8. The van der Waals surface area contributed by atoms with Gasteiger partial charge in [-0.05, 0) is 70.1 Å².